The Bertz CT molecular complexity index is 1030. The minimum atomic E-state index is -0.907. The van der Waals surface area contributed by atoms with Crippen molar-refractivity contribution >= 4 is 17.7 Å². The van der Waals surface area contributed by atoms with E-state index in [1.807, 2.05) is 60.7 Å². The van der Waals surface area contributed by atoms with Crippen LogP contribution < -0.4 is 5.32 Å². The molecule has 1 aliphatic rings. The molecule has 30 heavy (non-hydrogen) atoms. The fourth-order valence-corrected chi connectivity index (χ4v) is 3.72. The van der Waals surface area contributed by atoms with Crippen LogP contribution in [0.25, 0.3) is 0 Å². The minimum absolute atomic E-state index is 0.267. The summed E-state index contributed by atoms with van der Waals surface area (Å²) in [4.78, 5) is 40.1. The van der Waals surface area contributed by atoms with Gasteiger partial charge in [-0.3, -0.25) is 19.3 Å². The lowest BCUT2D eigenvalue weighted by Crippen LogP contribution is -2.51. The van der Waals surface area contributed by atoms with Gasteiger partial charge in [0.05, 0.1) is 11.1 Å². The molecule has 0 fully saturated rings. The van der Waals surface area contributed by atoms with Crippen molar-refractivity contribution in [2.75, 3.05) is 6.54 Å². The molecule has 0 radical (unpaired) electrons. The Morgan fingerprint density at radius 3 is 1.80 bits per heavy atom. The zero-order valence-corrected chi connectivity index (χ0v) is 16.5. The maximum absolute atomic E-state index is 13.1. The molecule has 1 heterocycles. The highest BCUT2D eigenvalue weighted by molar-refractivity contribution is 6.22. The number of hydrogen-bond acceptors (Lipinski definition) is 3. The molecule has 3 aromatic rings. The van der Waals surface area contributed by atoms with Crippen molar-refractivity contribution in [3.8, 4) is 0 Å². The molecule has 1 unspecified atom stereocenters. The third-order valence-corrected chi connectivity index (χ3v) is 5.27. The number of carbonyl (C=O) groups is 3. The zero-order valence-electron chi connectivity index (χ0n) is 16.5. The number of nitrogens with one attached hydrogen (secondary N) is 1. The molecule has 3 aromatic carbocycles. The van der Waals surface area contributed by atoms with E-state index < -0.39 is 17.9 Å². The molecule has 1 atom stereocenters. The predicted molar refractivity (Wildman–Crippen MR) is 114 cm³/mol. The van der Waals surface area contributed by atoms with Gasteiger partial charge in [0, 0.05) is 13.0 Å². The van der Waals surface area contributed by atoms with Crippen molar-refractivity contribution < 1.29 is 14.4 Å². The molecule has 0 aromatic heterocycles. The smallest absolute Gasteiger partial charge is 0.262 e. The van der Waals surface area contributed by atoms with Gasteiger partial charge in [-0.2, -0.15) is 0 Å². The van der Waals surface area contributed by atoms with E-state index in [9.17, 15) is 14.4 Å². The summed E-state index contributed by atoms with van der Waals surface area (Å²) in [5.74, 6) is -1.17. The second kappa shape index (κ2) is 8.74. The monoisotopic (exact) mass is 398 g/mol. The van der Waals surface area contributed by atoms with Gasteiger partial charge in [0.2, 0.25) is 5.91 Å². The Morgan fingerprint density at radius 1 is 0.733 bits per heavy atom. The van der Waals surface area contributed by atoms with Crippen LogP contribution in [0.1, 0.15) is 31.8 Å². The topological polar surface area (TPSA) is 66.5 Å². The van der Waals surface area contributed by atoms with Crippen molar-refractivity contribution in [1.29, 1.82) is 0 Å². The normalized spacial score (nSPS) is 13.8. The average Bonchev–Trinajstić information content (AvgIpc) is 3.04. The largest absolute Gasteiger partial charge is 0.354 e. The molecule has 4 rings (SSSR count). The van der Waals surface area contributed by atoms with Crippen LogP contribution in [0.4, 0.5) is 0 Å². The van der Waals surface area contributed by atoms with Crippen LogP contribution in [0.15, 0.2) is 84.9 Å². The fourth-order valence-electron chi connectivity index (χ4n) is 3.72. The fraction of sp³-hybridized carbons (Fsp3) is 0.160. The van der Waals surface area contributed by atoms with Crippen molar-refractivity contribution in [1.82, 2.24) is 10.2 Å². The lowest BCUT2D eigenvalue weighted by atomic mass is 10.0. The Morgan fingerprint density at radius 2 is 1.23 bits per heavy atom. The Hall–Kier alpha value is -3.73. The minimum Gasteiger partial charge on any atom is -0.354 e. The van der Waals surface area contributed by atoms with Crippen LogP contribution in [-0.4, -0.2) is 35.2 Å². The molecule has 0 aliphatic carbocycles. The van der Waals surface area contributed by atoms with Crippen molar-refractivity contribution in [2.24, 2.45) is 0 Å². The SMILES string of the molecule is O=C(NCCc1ccccc1)C(Cc1ccccc1)N1C(=O)c2ccccc2C1=O. The predicted octanol–water partition coefficient (Wildman–Crippen LogP) is 3.25. The highest BCUT2D eigenvalue weighted by Gasteiger charge is 2.42. The van der Waals surface area contributed by atoms with Gasteiger partial charge >= 0.3 is 0 Å². The van der Waals surface area contributed by atoms with Crippen LogP contribution in [0.2, 0.25) is 0 Å². The average molecular weight is 398 g/mol. The second-order valence-electron chi connectivity index (χ2n) is 7.26. The third kappa shape index (κ3) is 4.01. The first-order valence-corrected chi connectivity index (χ1v) is 9.97. The molecule has 5 nitrogen and oxygen atoms in total. The first kappa shape index (κ1) is 19.6. The van der Waals surface area contributed by atoms with Crippen LogP contribution in [-0.2, 0) is 17.6 Å². The molecular formula is C25H22N2O3. The molecule has 5 heteroatoms. The lowest BCUT2D eigenvalue weighted by molar-refractivity contribution is -0.125. The van der Waals surface area contributed by atoms with Crippen molar-refractivity contribution in [2.45, 2.75) is 18.9 Å². The van der Waals surface area contributed by atoms with Gasteiger partial charge < -0.3 is 5.32 Å². The summed E-state index contributed by atoms with van der Waals surface area (Å²) in [6, 6.07) is 25.1. The summed E-state index contributed by atoms with van der Waals surface area (Å²) >= 11 is 0. The van der Waals surface area contributed by atoms with Gasteiger partial charge in [-0.15, -0.1) is 0 Å². The van der Waals surface area contributed by atoms with Gasteiger partial charge in [-0.05, 0) is 29.7 Å². The lowest BCUT2D eigenvalue weighted by Gasteiger charge is -2.25. The van der Waals surface area contributed by atoms with Crippen LogP contribution in [0.3, 0.4) is 0 Å². The molecule has 3 amide bonds. The van der Waals surface area contributed by atoms with Gasteiger partial charge in [-0.25, -0.2) is 0 Å². The standard InChI is InChI=1S/C25H22N2O3/c28-23(26-16-15-18-9-3-1-4-10-18)22(17-19-11-5-2-6-12-19)27-24(29)20-13-7-8-14-21(20)25(27)30/h1-14,22H,15-17H2,(H,26,28). The number of carbonyl (C=O) groups excluding carboxylic acids is 3. The number of imide groups is 1. The number of rotatable bonds is 7. The van der Waals surface area contributed by atoms with E-state index in [1.165, 1.54) is 0 Å². The molecular weight excluding hydrogens is 376 g/mol. The number of benzene rings is 3. The first-order valence-electron chi connectivity index (χ1n) is 9.97. The summed E-state index contributed by atoms with van der Waals surface area (Å²) in [7, 11) is 0. The molecule has 0 spiro atoms. The molecule has 0 saturated heterocycles. The summed E-state index contributed by atoms with van der Waals surface area (Å²) in [6.45, 7) is 0.428. The number of fused-ring (bicyclic) bond motifs is 1. The van der Waals surface area contributed by atoms with E-state index in [0.29, 0.717) is 24.1 Å². The Balaban J connectivity index is 1.55. The Kier molecular flexibility index (Phi) is 5.70. The summed E-state index contributed by atoms with van der Waals surface area (Å²) in [5.41, 5.74) is 2.69. The molecule has 150 valence electrons. The molecule has 1 N–H and O–H groups in total. The maximum atomic E-state index is 13.1. The van der Waals surface area contributed by atoms with Crippen molar-refractivity contribution in [3.63, 3.8) is 0 Å². The zero-order chi connectivity index (χ0) is 20.9. The van der Waals surface area contributed by atoms with Crippen LogP contribution >= 0.6 is 0 Å². The van der Waals surface area contributed by atoms with Crippen LogP contribution in [0.5, 0.6) is 0 Å². The summed E-state index contributed by atoms with van der Waals surface area (Å²) in [6.07, 6.45) is 0.941. The van der Waals surface area contributed by atoms with Gasteiger partial charge in [0.1, 0.15) is 6.04 Å². The summed E-state index contributed by atoms with van der Waals surface area (Å²) < 4.78 is 0. The van der Waals surface area contributed by atoms with Crippen molar-refractivity contribution in [3.05, 3.63) is 107 Å². The quantitative estimate of drug-likeness (QED) is 0.622. The van der Waals surface area contributed by atoms with Crippen LogP contribution in [0, 0.1) is 0 Å². The van der Waals surface area contributed by atoms with E-state index >= 15 is 0 Å². The highest BCUT2D eigenvalue weighted by Crippen LogP contribution is 2.26. The van der Waals surface area contributed by atoms with Gasteiger partial charge in [-0.1, -0.05) is 72.8 Å². The van der Waals surface area contributed by atoms with E-state index in [1.54, 1.807) is 24.3 Å². The maximum Gasteiger partial charge on any atom is 0.262 e. The molecule has 0 bridgehead atoms. The number of nitrogens with zero attached hydrogens (tertiary/aromatic N) is 1. The van der Waals surface area contributed by atoms with Gasteiger partial charge in [0.15, 0.2) is 0 Å². The molecule has 1 aliphatic heterocycles. The van der Waals surface area contributed by atoms with E-state index in [-0.39, 0.29) is 12.3 Å². The van der Waals surface area contributed by atoms with Gasteiger partial charge in [0.25, 0.3) is 11.8 Å². The van der Waals surface area contributed by atoms with E-state index in [0.717, 1.165) is 16.0 Å². The summed E-state index contributed by atoms with van der Waals surface area (Å²) in [5, 5.41) is 2.91. The second-order valence-corrected chi connectivity index (χ2v) is 7.26. The molecule has 0 saturated carbocycles. The van der Waals surface area contributed by atoms with E-state index in [2.05, 4.69) is 5.32 Å². The Labute approximate surface area is 175 Å². The number of amides is 3. The number of hydrogen-bond donors (Lipinski definition) is 1. The third-order valence-electron chi connectivity index (χ3n) is 5.27. The highest BCUT2D eigenvalue weighted by atomic mass is 16.2. The van der Waals surface area contributed by atoms with E-state index in [4.69, 9.17) is 0 Å². The first-order chi connectivity index (χ1) is 14.6.